The van der Waals surface area contributed by atoms with Gasteiger partial charge in [0.15, 0.2) is 0 Å². The predicted octanol–water partition coefficient (Wildman–Crippen LogP) is 2.43. The fourth-order valence-corrected chi connectivity index (χ4v) is 3.41. The molecule has 2 aromatic rings. The van der Waals surface area contributed by atoms with Crippen LogP contribution in [0.5, 0.6) is 5.75 Å². The van der Waals surface area contributed by atoms with Crippen molar-refractivity contribution in [2.75, 3.05) is 31.1 Å². The van der Waals surface area contributed by atoms with Crippen LogP contribution in [0.2, 0.25) is 0 Å². The summed E-state index contributed by atoms with van der Waals surface area (Å²) in [5.41, 5.74) is 2.86. The third-order valence-corrected chi connectivity index (χ3v) is 4.70. The number of pyridine rings is 1. The number of fused-ring (bicyclic) bond motifs is 1. The summed E-state index contributed by atoms with van der Waals surface area (Å²) in [7, 11) is 0. The number of anilines is 1. The summed E-state index contributed by atoms with van der Waals surface area (Å²) in [6.45, 7) is 3.95. The first kappa shape index (κ1) is 15.0. The van der Waals surface area contributed by atoms with E-state index >= 15 is 0 Å². The third kappa shape index (κ3) is 2.81. The van der Waals surface area contributed by atoms with Crippen molar-refractivity contribution in [3.63, 3.8) is 0 Å². The smallest absolute Gasteiger partial charge is 0.141 e. The maximum Gasteiger partial charge on any atom is 0.141 e. The number of aryl methyl sites for hydroxylation is 1. The van der Waals surface area contributed by atoms with E-state index in [0.29, 0.717) is 11.3 Å². The Bertz CT molecular complexity index is 777. The van der Waals surface area contributed by atoms with Gasteiger partial charge in [0.05, 0.1) is 11.3 Å². The molecular formula is C19H20N4O. The van der Waals surface area contributed by atoms with Crippen molar-refractivity contribution in [2.24, 2.45) is 0 Å². The summed E-state index contributed by atoms with van der Waals surface area (Å²) in [6.07, 6.45) is 1.81. The molecular weight excluding hydrogens is 300 g/mol. The lowest BCUT2D eigenvalue weighted by molar-refractivity contribution is 0.203. The predicted molar refractivity (Wildman–Crippen MR) is 92.2 cm³/mol. The van der Waals surface area contributed by atoms with Crippen LogP contribution in [0, 0.1) is 11.3 Å². The number of hydrogen-bond donors (Lipinski definition) is 1. The van der Waals surface area contributed by atoms with Gasteiger partial charge in [-0.1, -0.05) is 18.2 Å². The summed E-state index contributed by atoms with van der Waals surface area (Å²) in [5, 5.41) is 12.6. The van der Waals surface area contributed by atoms with E-state index in [2.05, 4.69) is 28.4 Å². The van der Waals surface area contributed by atoms with Crippen LogP contribution in [0.1, 0.15) is 29.3 Å². The third-order valence-electron chi connectivity index (χ3n) is 4.70. The second-order valence-corrected chi connectivity index (χ2v) is 6.20. The highest BCUT2D eigenvalue weighted by Crippen LogP contribution is 2.35. The van der Waals surface area contributed by atoms with E-state index < -0.39 is 0 Å². The van der Waals surface area contributed by atoms with E-state index in [-0.39, 0.29) is 6.10 Å². The minimum Gasteiger partial charge on any atom is -0.483 e. The van der Waals surface area contributed by atoms with E-state index in [1.165, 1.54) is 5.56 Å². The molecule has 1 fully saturated rings. The Kier molecular flexibility index (Phi) is 4.06. The van der Waals surface area contributed by atoms with Gasteiger partial charge in [0, 0.05) is 26.2 Å². The molecule has 1 aromatic heterocycles. The molecule has 24 heavy (non-hydrogen) atoms. The highest BCUT2D eigenvalue weighted by molar-refractivity contribution is 5.46. The molecule has 1 aliphatic heterocycles. The Hall–Kier alpha value is -2.58. The maximum atomic E-state index is 9.24. The lowest BCUT2D eigenvalue weighted by atomic mass is 10.2. The average Bonchev–Trinajstić information content (AvgIpc) is 3.05. The second-order valence-electron chi connectivity index (χ2n) is 6.20. The Morgan fingerprint density at radius 2 is 2.00 bits per heavy atom. The van der Waals surface area contributed by atoms with Gasteiger partial charge in [0.2, 0.25) is 0 Å². The first-order valence-corrected chi connectivity index (χ1v) is 8.46. The normalized spacial score (nSPS) is 19.6. The SMILES string of the molecule is N#Cc1ccccc1O[C@H]1CCc2ccc(N3CCNCC3)nc21. The van der Waals surface area contributed by atoms with Crippen molar-refractivity contribution in [3.8, 4) is 11.8 Å². The van der Waals surface area contributed by atoms with Crippen LogP contribution in [-0.4, -0.2) is 31.2 Å². The van der Waals surface area contributed by atoms with Crippen molar-refractivity contribution < 1.29 is 4.74 Å². The number of rotatable bonds is 3. The zero-order chi connectivity index (χ0) is 16.4. The zero-order valence-corrected chi connectivity index (χ0v) is 13.5. The van der Waals surface area contributed by atoms with Gasteiger partial charge < -0.3 is 15.0 Å². The molecule has 122 valence electrons. The van der Waals surface area contributed by atoms with E-state index in [1.54, 1.807) is 6.07 Å². The molecule has 4 rings (SSSR count). The fraction of sp³-hybridized carbons (Fsp3) is 0.368. The van der Waals surface area contributed by atoms with Crippen LogP contribution >= 0.6 is 0 Å². The van der Waals surface area contributed by atoms with Crippen molar-refractivity contribution in [2.45, 2.75) is 18.9 Å². The first-order chi connectivity index (χ1) is 11.8. The molecule has 1 aromatic carbocycles. The summed E-state index contributed by atoms with van der Waals surface area (Å²) in [5.74, 6) is 1.67. The second kappa shape index (κ2) is 6.50. The van der Waals surface area contributed by atoms with E-state index in [0.717, 1.165) is 50.5 Å². The molecule has 1 N–H and O–H groups in total. The molecule has 5 heteroatoms. The number of piperazine rings is 1. The lowest BCUT2D eigenvalue weighted by Gasteiger charge is -2.29. The number of nitrogens with one attached hydrogen (secondary N) is 1. The summed E-state index contributed by atoms with van der Waals surface area (Å²) < 4.78 is 6.15. The van der Waals surface area contributed by atoms with Gasteiger partial charge in [-0.3, -0.25) is 0 Å². The minimum absolute atomic E-state index is 0.0719. The number of ether oxygens (including phenoxy) is 1. The van der Waals surface area contributed by atoms with Gasteiger partial charge in [0.25, 0.3) is 0 Å². The number of aromatic nitrogens is 1. The summed E-state index contributed by atoms with van der Waals surface area (Å²) in [6, 6.07) is 13.9. The topological polar surface area (TPSA) is 61.2 Å². The van der Waals surface area contributed by atoms with E-state index in [1.807, 2.05) is 18.2 Å². The number of para-hydroxylation sites is 1. The minimum atomic E-state index is -0.0719. The quantitative estimate of drug-likeness (QED) is 0.941. The standard InChI is InChI=1S/C19H20N4O/c20-13-15-3-1-2-4-16(15)24-17-7-5-14-6-8-18(22-19(14)17)23-11-9-21-10-12-23/h1-4,6,8,17,21H,5,7,9-12H2/t17-/m0/s1. The molecule has 0 saturated carbocycles. The largest absolute Gasteiger partial charge is 0.483 e. The average molecular weight is 320 g/mol. The first-order valence-electron chi connectivity index (χ1n) is 8.46. The van der Waals surface area contributed by atoms with Crippen LogP contribution in [-0.2, 0) is 6.42 Å². The molecule has 0 radical (unpaired) electrons. The summed E-state index contributed by atoms with van der Waals surface area (Å²) in [4.78, 5) is 7.22. The molecule has 1 atom stereocenters. The van der Waals surface area contributed by atoms with Crippen LogP contribution in [0.25, 0.3) is 0 Å². The highest BCUT2D eigenvalue weighted by Gasteiger charge is 2.27. The van der Waals surface area contributed by atoms with E-state index in [4.69, 9.17) is 9.72 Å². The number of benzene rings is 1. The Morgan fingerprint density at radius 3 is 2.83 bits per heavy atom. The van der Waals surface area contributed by atoms with Gasteiger partial charge in [-0.2, -0.15) is 5.26 Å². The van der Waals surface area contributed by atoms with Crippen molar-refractivity contribution in [1.82, 2.24) is 10.3 Å². The molecule has 2 heterocycles. The molecule has 0 spiro atoms. The van der Waals surface area contributed by atoms with Crippen LogP contribution in [0.15, 0.2) is 36.4 Å². The highest BCUT2D eigenvalue weighted by atomic mass is 16.5. The van der Waals surface area contributed by atoms with Crippen molar-refractivity contribution >= 4 is 5.82 Å². The monoisotopic (exact) mass is 320 g/mol. The van der Waals surface area contributed by atoms with Gasteiger partial charge in [-0.15, -0.1) is 0 Å². The number of nitriles is 1. The maximum absolute atomic E-state index is 9.24. The molecule has 0 bridgehead atoms. The Balaban J connectivity index is 1.59. The van der Waals surface area contributed by atoms with Gasteiger partial charge in [0.1, 0.15) is 23.7 Å². The van der Waals surface area contributed by atoms with Crippen molar-refractivity contribution in [3.05, 3.63) is 53.2 Å². The van der Waals surface area contributed by atoms with Crippen LogP contribution in [0.4, 0.5) is 5.82 Å². The van der Waals surface area contributed by atoms with Gasteiger partial charge in [-0.25, -0.2) is 4.98 Å². The Labute approximate surface area is 141 Å². The molecule has 0 amide bonds. The fourth-order valence-electron chi connectivity index (χ4n) is 3.41. The van der Waals surface area contributed by atoms with Crippen LogP contribution < -0.4 is 15.0 Å². The molecule has 5 nitrogen and oxygen atoms in total. The molecule has 2 aliphatic rings. The van der Waals surface area contributed by atoms with Gasteiger partial charge in [-0.05, 0) is 36.6 Å². The van der Waals surface area contributed by atoms with Crippen molar-refractivity contribution in [1.29, 1.82) is 5.26 Å². The number of nitrogens with zero attached hydrogens (tertiary/aromatic N) is 3. The summed E-state index contributed by atoms with van der Waals surface area (Å²) >= 11 is 0. The zero-order valence-electron chi connectivity index (χ0n) is 13.5. The lowest BCUT2D eigenvalue weighted by Crippen LogP contribution is -2.44. The van der Waals surface area contributed by atoms with Gasteiger partial charge >= 0.3 is 0 Å². The molecule has 1 aliphatic carbocycles. The Morgan fingerprint density at radius 1 is 1.17 bits per heavy atom. The van der Waals surface area contributed by atoms with E-state index in [9.17, 15) is 5.26 Å². The molecule has 0 unspecified atom stereocenters. The number of hydrogen-bond acceptors (Lipinski definition) is 5. The molecule has 1 saturated heterocycles. The van der Waals surface area contributed by atoms with Crippen LogP contribution in [0.3, 0.4) is 0 Å².